The molecule has 3 aromatic heterocycles. The molecule has 4 atom stereocenters. The van der Waals surface area contributed by atoms with Gasteiger partial charge in [0.1, 0.15) is 0 Å². The third-order valence-corrected chi connectivity index (χ3v) is 6.98. The molecule has 0 saturated carbocycles. The predicted molar refractivity (Wildman–Crippen MR) is 95.4 cm³/mol. The van der Waals surface area contributed by atoms with Gasteiger partial charge in [-0.25, -0.2) is 0 Å². The summed E-state index contributed by atoms with van der Waals surface area (Å²) < 4.78 is 9.77. The minimum atomic E-state index is -1.24. The Morgan fingerprint density at radius 3 is 2.79 bits per heavy atom. The van der Waals surface area contributed by atoms with Crippen molar-refractivity contribution in [2.45, 2.75) is 24.5 Å². The molecule has 1 aliphatic rings. The first-order valence-corrected chi connectivity index (χ1v) is 9.91. The number of rotatable bonds is 5. The van der Waals surface area contributed by atoms with Gasteiger partial charge in [-0.1, -0.05) is 0 Å². The van der Waals surface area contributed by atoms with Gasteiger partial charge in [-0.2, -0.15) is 0 Å². The van der Waals surface area contributed by atoms with Gasteiger partial charge >= 0.3 is 163 Å². The van der Waals surface area contributed by atoms with Gasteiger partial charge in [0.2, 0.25) is 0 Å². The van der Waals surface area contributed by atoms with Gasteiger partial charge in [-0.3, -0.25) is 0 Å². The maximum absolute atomic E-state index is 11.2. The predicted octanol–water partition coefficient (Wildman–Crippen LogP) is -2.66. The quantitative estimate of drug-likeness (QED) is 0.212. The fourth-order valence-electron chi connectivity index (χ4n) is 3.09. The van der Waals surface area contributed by atoms with E-state index in [1.165, 1.54) is 12.7 Å². The summed E-state index contributed by atoms with van der Waals surface area (Å²) in [5.41, 5.74) is 0.450. The molecule has 4 unspecified atom stereocenters. The number of aliphatic hydroxyl groups is 3. The van der Waals surface area contributed by atoms with Crippen molar-refractivity contribution in [2.75, 3.05) is 6.61 Å². The Balaban J connectivity index is 1.72. The third kappa shape index (κ3) is 2.98. The van der Waals surface area contributed by atoms with Crippen LogP contribution in [0.1, 0.15) is 6.23 Å². The number of hydrogen-bond acceptors (Lipinski definition) is 9. The second-order valence-corrected chi connectivity index (χ2v) is 8.26. The standard InChI is InChI=1S/C15H16N6O6Se/c1-19-6-18-12(21(25)26)15(19)28-13-7-2-3-20(11(7)16-5-17-13)14-10(24)9(23)8(4-22)27-14/h2-3,5-6,8-10,14,22-24H,4H2,1H3. The van der Waals surface area contributed by atoms with Crippen molar-refractivity contribution >= 4 is 41.0 Å². The number of nitrogens with zero attached hydrogens (tertiary/aromatic N) is 6. The second kappa shape index (κ2) is 7.20. The maximum atomic E-state index is 11.2. The molecule has 3 N–H and O–H groups in total. The number of aromatic nitrogens is 5. The molecule has 28 heavy (non-hydrogen) atoms. The van der Waals surface area contributed by atoms with Crippen LogP contribution in [0.4, 0.5) is 5.82 Å². The van der Waals surface area contributed by atoms with Crippen molar-refractivity contribution in [2.24, 2.45) is 7.05 Å². The zero-order chi connectivity index (χ0) is 20.0. The van der Waals surface area contributed by atoms with E-state index in [4.69, 9.17) is 4.74 Å². The van der Waals surface area contributed by atoms with Gasteiger partial charge in [0.05, 0.1) is 0 Å². The third-order valence-electron chi connectivity index (χ3n) is 4.50. The average molecular weight is 455 g/mol. The van der Waals surface area contributed by atoms with E-state index < -0.39 is 51.0 Å². The molecular weight excluding hydrogens is 439 g/mol. The molecular formula is C15H16N6O6Se. The summed E-state index contributed by atoms with van der Waals surface area (Å²) in [5.74, 6) is -0.211. The van der Waals surface area contributed by atoms with Gasteiger partial charge in [0, 0.05) is 0 Å². The molecule has 0 amide bonds. The Labute approximate surface area is 163 Å². The van der Waals surface area contributed by atoms with E-state index in [1.807, 2.05) is 0 Å². The fourth-order valence-corrected chi connectivity index (χ4v) is 5.10. The van der Waals surface area contributed by atoms with Crippen LogP contribution >= 0.6 is 0 Å². The summed E-state index contributed by atoms with van der Waals surface area (Å²) in [6.45, 7) is -0.429. The van der Waals surface area contributed by atoms with Crippen LogP contribution in [0, 0.1) is 10.1 Å². The number of aryl methyl sites for hydroxylation is 1. The first-order chi connectivity index (χ1) is 13.4. The number of nitro groups is 1. The molecule has 1 saturated heterocycles. The number of hydrogen-bond donors (Lipinski definition) is 3. The molecule has 4 heterocycles. The Hall–Kier alpha value is -2.41. The number of fused-ring (bicyclic) bond motifs is 1. The molecule has 1 fully saturated rings. The average Bonchev–Trinajstić information content (AvgIpc) is 3.33. The van der Waals surface area contributed by atoms with E-state index in [2.05, 4.69) is 15.0 Å². The fraction of sp³-hybridized carbons (Fsp3) is 0.400. The normalized spacial score (nSPS) is 24.9. The molecule has 13 heteroatoms. The van der Waals surface area contributed by atoms with E-state index in [0.717, 1.165) is 0 Å². The molecule has 3 aromatic rings. The van der Waals surface area contributed by atoms with Gasteiger partial charge in [0.25, 0.3) is 0 Å². The Kier molecular flexibility index (Phi) is 4.87. The molecule has 0 bridgehead atoms. The van der Waals surface area contributed by atoms with E-state index in [9.17, 15) is 25.4 Å². The summed E-state index contributed by atoms with van der Waals surface area (Å²) in [5, 5.41) is 41.4. The van der Waals surface area contributed by atoms with Crippen LogP contribution in [0.15, 0.2) is 24.9 Å². The zero-order valence-electron chi connectivity index (χ0n) is 14.5. The monoisotopic (exact) mass is 456 g/mol. The van der Waals surface area contributed by atoms with Crippen LogP contribution in [-0.2, 0) is 11.8 Å². The van der Waals surface area contributed by atoms with Crippen LogP contribution < -0.4 is 9.18 Å². The van der Waals surface area contributed by atoms with E-state index in [1.54, 1.807) is 28.4 Å². The Morgan fingerprint density at radius 1 is 1.32 bits per heavy atom. The van der Waals surface area contributed by atoms with E-state index in [-0.39, 0.29) is 5.82 Å². The SMILES string of the molecule is Cn1cnc([N+](=O)[O-])c1[Se]c1ncnc2c1ccn2C1OC(CO)C(O)C1O. The molecule has 1 aliphatic heterocycles. The van der Waals surface area contributed by atoms with E-state index in [0.29, 0.717) is 20.2 Å². The Morgan fingerprint density at radius 2 is 2.11 bits per heavy atom. The zero-order valence-corrected chi connectivity index (χ0v) is 16.2. The van der Waals surface area contributed by atoms with E-state index >= 15 is 0 Å². The molecule has 12 nitrogen and oxygen atoms in total. The van der Waals surface area contributed by atoms with Crippen LogP contribution in [-0.4, -0.2) is 84.2 Å². The van der Waals surface area contributed by atoms with Crippen LogP contribution in [0.25, 0.3) is 11.0 Å². The van der Waals surface area contributed by atoms with Crippen molar-refractivity contribution < 1.29 is 25.0 Å². The van der Waals surface area contributed by atoms with Crippen LogP contribution in [0.3, 0.4) is 0 Å². The second-order valence-electron chi connectivity index (χ2n) is 6.21. The molecule has 0 radical (unpaired) electrons. The number of ether oxygens (including phenoxy) is 1. The summed E-state index contributed by atoms with van der Waals surface area (Å²) >= 11 is -0.524. The topological polar surface area (TPSA) is 162 Å². The van der Waals surface area contributed by atoms with Gasteiger partial charge < -0.3 is 0 Å². The van der Waals surface area contributed by atoms with Crippen molar-refractivity contribution in [1.29, 1.82) is 0 Å². The molecule has 4 rings (SSSR count). The summed E-state index contributed by atoms with van der Waals surface area (Å²) in [7, 11) is 1.68. The number of imidazole rings is 1. The molecule has 148 valence electrons. The molecule has 0 spiro atoms. The van der Waals surface area contributed by atoms with Crippen LogP contribution in [0.5, 0.6) is 0 Å². The summed E-state index contributed by atoms with van der Waals surface area (Å²) in [6.07, 6.45) is 0.0600. The molecule has 0 aliphatic carbocycles. The van der Waals surface area contributed by atoms with Crippen molar-refractivity contribution in [3.05, 3.63) is 35.0 Å². The molecule has 0 aromatic carbocycles. The van der Waals surface area contributed by atoms with Gasteiger partial charge in [-0.15, -0.1) is 0 Å². The summed E-state index contributed by atoms with van der Waals surface area (Å²) in [6, 6.07) is 1.73. The first kappa shape index (κ1) is 18.9. The minimum absolute atomic E-state index is 0.211. The van der Waals surface area contributed by atoms with Gasteiger partial charge in [-0.05, 0) is 0 Å². The van der Waals surface area contributed by atoms with Crippen molar-refractivity contribution in [3.63, 3.8) is 0 Å². The van der Waals surface area contributed by atoms with Crippen LogP contribution in [0.2, 0.25) is 0 Å². The van der Waals surface area contributed by atoms with Gasteiger partial charge in [0.15, 0.2) is 0 Å². The van der Waals surface area contributed by atoms with Crippen molar-refractivity contribution in [1.82, 2.24) is 24.1 Å². The first-order valence-electron chi connectivity index (χ1n) is 8.20. The summed E-state index contributed by atoms with van der Waals surface area (Å²) in [4.78, 5) is 23.0. The van der Waals surface area contributed by atoms with Crippen molar-refractivity contribution in [3.8, 4) is 0 Å². The Bertz CT molecular complexity index is 1040. The number of aliphatic hydroxyl groups excluding tert-OH is 3.